The van der Waals surface area contributed by atoms with Gasteiger partial charge in [-0.2, -0.15) is 17.0 Å². The van der Waals surface area contributed by atoms with Crippen LogP contribution in [0, 0.1) is 0 Å². The number of ether oxygens (including phenoxy) is 1. The Hall–Kier alpha value is -1.71. The topological polar surface area (TPSA) is 99.8 Å². The number of methoxy groups -OCH3 is 1. The molecule has 8 nitrogen and oxygen atoms in total. The molecule has 0 saturated carbocycles. The third kappa shape index (κ3) is 3.17. The molecule has 1 aromatic rings. The Balaban J connectivity index is 2.40. The van der Waals surface area contributed by atoms with Crippen molar-refractivity contribution in [3.05, 3.63) is 33.2 Å². The summed E-state index contributed by atoms with van der Waals surface area (Å²) in [4.78, 5) is 27.0. The van der Waals surface area contributed by atoms with Crippen LogP contribution in [0.25, 0.3) is 0 Å². The minimum Gasteiger partial charge on any atom is -0.465 e. The molecule has 0 fully saturated rings. The van der Waals surface area contributed by atoms with Gasteiger partial charge in [0.2, 0.25) is 5.43 Å². The van der Waals surface area contributed by atoms with Crippen LogP contribution < -0.4 is 5.43 Å². The zero-order valence-corrected chi connectivity index (χ0v) is 14.3. The lowest BCUT2D eigenvalue weighted by atomic mass is 10.0. The zero-order chi connectivity index (χ0) is 17.2. The number of esters is 1. The number of carbonyl (C=O) groups is 1. The Morgan fingerprint density at radius 3 is 2.61 bits per heavy atom. The van der Waals surface area contributed by atoms with Crippen LogP contribution in [0.3, 0.4) is 0 Å². The van der Waals surface area contributed by atoms with E-state index in [2.05, 4.69) is 9.72 Å². The van der Waals surface area contributed by atoms with Gasteiger partial charge in [0.25, 0.3) is 10.2 Å². The van der Waals surface area contributed by atoms with Crippen LogP contribution in [0.2, 0.25) is 0 Å². The Morgan fingerprint density at radius 1 is 1.39 bits per heavy atom. The van der Waals surface area contributed by atoms with Crippen LogP contribution in [0.5, 0.6) is 0 Å². The molecule has 0 spiro atoms. The summed E-state index contributed by atoms with van der Waals surface area (Å²) in [5.41, 5.74) is 0.363. The molecule has 0 aliphatic carbocycles. The molecule has 1 aromatic heterocycles. The van der Waals surface area contributed by atoms with E-state index >= 15 is 0 Å². The van der Waals surface area contributed by atoms with E-state index in [1.807, 2.05) is 0 Å². The lowest BCUT2D eigenvalue weighted by Gasteiger charge is -2.31. The third-order valence-corrected chi connectivity index (χ3v) is 6.12. The summed E-state index contributed by atoms with van der Waals surface area (Å²) in [6.07, 6.45) is 1.72. The minimum absolute atomic E-state index is 0.0473. The molecule has 0 radical (unpaired) electrons. The van der Waals surface area contributed by atoms with E-state index in [-0.39, 0.29) is 12.1 Å². The number of aromatic amines is 1. The van der Waals surface area contributed by atoms with E-state index in [0.29, 0.717) is 37.3 Å². The molecular weight excluding hydrogens is 322 g/mol. The van der Waals surface area contributed by atoms with Crippen molar-refractivity contribution in [2.24, 2.45) is 0 Å². The van der Waals surface area contributed by atoms with Crippen molar-refractivity contribution in [2.75, 3.05) is 26.7 Å². The van der Waals surface area contributed by atoms with Gasteiger partial charge in [0, 0.05) is 50.1 Å². The Morgan fingerprint density at radius 2 is 2.04 bits per heavy atom. The average Bonchev–Trinajstić information content (AvgIpc) is 2.55. The van der Waals surface area contributed by atoms with E-state index in [9.17, 15) is 18.0 Å². The molecule has 0 amide bonds. The van der Waals surface area contributed by atoms with Crippen LogP contribution in [0.15, 0.2) is 11.0 Å². The van der Waals surface area contributed by atoms with E-state index in [1.54, 1.807) is 13.8 Å². The fourth-order valence-electron chi connectivity index (χ4n) is 2.67. The molecule has 1 aliphatic heterocycles. The van der Waals surface area contributed by atoms with Crippen molar-refractivity contribution in [2.45, 2.75) is 26.8 Å². The fourth-order valence-corrected chi connectivity index (χ4v) is 4.26. The first-order valence-electron chi connectivity index (χ1n) is 7.43. The van der Waals surface area contributed by atoms with Crippen molar-refractivity contribution in [1.82, 2.24) is 13.6 Å². The molecule has 0 unspecified atom stereocenters. The van der Waals surface area contributed by atoms with Gasteiger partial charge in [-0.1, -0.05) is 13.8 Å². The van der Waals surface area contributed by atoms with Gasteiger partial charge in [-0.25, -0.2) is 4.79 Å². The number of nitrogens with zero attached hydrogens (tertiary/aromatic N) is 2. The van der Waals surface area contributed by atoms with Crippen LogP contribution in [-0.4, -0.2) is 54.7 Å². The number of fused-ring (bicyclic) bond motifs is 1. The van der Waals surface area contributed by atoms with Crippen LogP contribution in [0.1, 0.15) is 35.5 Å². The molecule has 1 N–H and O–H groups in total. The van der Waals surface area contributed by atoms with Gasteiger partial charge in [-0.3, -0.25) is 4.79 Å². The summed E-state index contributed by atoms with van der Waals surface area (Å²) in [6, 6.07) is 0. The van der Waals surface area contributed by atoms with Gasteiger partial charge in [-0.05, 0) is 0 Å². The molecule has 0 bridgehead atoms. The maximum Gasteiger partial charge on any atom is 0.343 e. The predicted octanol–water partition coefficient (Wildman–Crippen LogP) is 0.106. The summed E-state index contributed by atoms with van der Waals surface area (Å²) in [7, 11) is -2.43. The van der Waals surface area contributed by atoms with E-state index in [0.717, 1.165) is 0 Å². The first-order valence-corrected chi connectivity index (χ1v) is 8.83. The van der Waals surface area contributed by atoms with Crippen molar-refractivity contribution in [3.63, 3.8) is 0 Å². The summed E-state index contributed by atoms with van der Waals surface area (Å²) in [6.45, 7) is 4.50. The second kappa shape index (κ2) is 6.81. The number of hydrogen-bond donors (Lipinski definition) is 1. The van der Waals surface area contributed by atoms with Crippen LogP contribution >= 0.6 is 0 Å². The number of carbonyl (C=O) groups excluding carboxylic acids is 1. The third-order valence-electron chi connectivity index (χ3n) is 3.98. The van der Waals surface area contributed by atoms with Crippen molar-refractivity contribution < 1.29 is 17.9 Å². The summed E-state index contributed by atoms with van der Waals surface area (Å²) in [5, 5.41) is 0. The van der Waals surface area contributed by atoms with Crippen molar-refractivity contribution in [3.8, 4) is 0 Å². The lowest BCUT2D eigenvalue weighted by molar-refractivity contribution is 0.0598. The molecule has 0 atom stereocenters. The molecular formula is C14H21N3O5S. The second-order valence-corrected chi connectivity index (χ2v) is 7.08. The number of nitrogens with one attached hydrogen (secondary N) is 1. The molecule has 9 heteroatoms. The molecule has 0 aromatic carbocycles. The van der Waals surface area contributed by atoms with Gasteiger partial charge in [0.05, 0.1) is 7.11 Å². The summed E-state index contributed by atoms with van der Waals surface area (Å²) < 4.78 is 32.4. The summed E-state index contributed by atoms with van der Waals surface area (Å²) in [5.74, 6) is -0.738. The van der Waals surface area contributed by atoms with E-state index in [1.165, 1.54) is 21.9 Å². The maximum atomic E-state index is 12.6. The predicted molar refractivity (Wildman–Crippen MR) is 84.4 cm³/mol. The van der Waals surface area contributed by atoms with E-state index < -0.39 is 21.6 Å². The normalized spacial score (nSPS) is 15.5. The van der Waals surface area contributed by atoms with Gasteiger partial charge >= 0.3 is 5.97 Å². The smallest absolute Gasteiger partial charge is 0.343 e. The highest BCUT2D eigenvalue weighted by Crippen LogP contribution is 2.19. The quantitative estimate of drug-likeness (QED) is 0.765. The van der Waals surface area contributed by atoms with Crippen molar-refractivity contribution in [1.29, 1.82) is 0 Å². The van der Waals surface area contributed by atoms with Gasteiger partial charge in [0.1, 0.15) is 5.56 Å². The Kier molecular flexibility index (Phi) is 5.23. The minimum atomic E-state index is -3.62. The Bertz CT molecular complexity index is 752. The average molecular weight is 343 g/mol. The van der Waals surface area contributed by atoms with Crippen molar-refractivity contribution >= 4 is 16.2 Å². The zero-order valence-electron chi connectivity index (χ0n) is 13.5. The van der Waals surface area contributed by atoms with Gasteiger partial charge in [0.15, 0.2) is 0 Å². The molecule has 128 valence electrons. The SMILES string of the molecule is CCN(CC)S(=O)(=O)N1CCc2[nH]cc(C(=O)OC)c(=O)c2C1. The van der Waals surface area contributed by atoms with Crippen LogP contribution in [-0.2, 0) is 27.9 Å². The standard InChI is InChI=1S/C14H21N3O5S/c1-4-16(5-2)23(20,21)17-7-6-12-11(9-17)13(18)10(8-15-12)14(19)22-3/h8H,4-7,9H2,1-3H3,(H,15,18). The maximum absolute atomic E-state index is 12.6. The number of H-pyrrole nitrogens is 1. The molecule has 2 rings (SSSR count). The summed E-state index contributed by atoms with van der Waals surface area (Å²) >= 11 is 0. The highest BCUT2D eigenvalue weighted by Gasteiger charge is 2.32. The number of aromatic nitrogens is 1. The van der Waals surface area contributed by atoms with Gasteiger partial charge < -0.3 is 9.72 Å². The fraction of sp³-hybridized carbons (Fsp3) is 0.571. The first kappa shape index (κ1) is 17.6. The largest absolute Gasteiger partial charge is 0.465 e. The first-order chi connectivity index (χ1) is 10.9. The Labute approximate surface area is 135 Å². The number of hydrogen-bond acceptors (Lipinski definition) is 5. The second-order valence-electron chi connectivity index (χ2n) is 5.16. The van der Waals surface area contributed by atoms with E-state index in [4.69, 9.17) is 0 Å². The van der Waals surface area contributed by atoms with Crippen LogP contribution in [0.4, 0.5) is 0 Å². The lowest BCUT2D eigenvalue weighted by Crippen LogP contribution is -2.47. The van der Waals surface area contributed by atoms with Gasteiger partial charge in [-0.15, -0.1) is 0 Å². The molecule has 23 heavy (non-hydrogen) atoms. The highest BCUT2D eigenvalue weighted by molar-refractivity contribution is 7.86. The highest BCUT2D eigenvalue weighted by atomic mass is 32.2. The molecule has 1 aliphatic rings. The monoisotopic (exact) mass is 343 g/mol. The molecule has 2 heterocycles. The number of pyridine rings is 1. The molecule has 0 saturated heterocycles. The number of rotatable bonds is 5.